The fourth-order valence-corrected chi connectivity index (χ4v) is 3.99. The minimum Gasteiger partial charge on any atom is -0.494 e. The summed E-state index contributed by atoms with van der Waals surface area (Å²) in [5, 5.41) is 0.572. The van der Waals surface area contributed by atoms with E-state index in [1.54, 1.807) is 23.1 Å². The number of unbranched alkanes of at least 4 members (excludes halogenated alkanes) is 2. The largest absolute Gasteiger partial charge is 0.494 e. The molecule has 0 unspecified atom stereocenters. The van der Waals surface area contributed by atoms with Gasteiger partial charge in [-0.2, -0.15) is 0 Å². The number of halogens is 2. The maximum Gasteiger partial charge on any atom is 0.260 e. The van der Waals surface area contributed by atoms with Crippen molar-refractivity contribution in [3.63, 3.8) is 0 Å². The summed E-state index contributed by atoms with van der Waals surface area (Å²) in [6.07, 6.45) is 3.31. The summed E-state index contributed by atoms with van der Waals surface area (Å²) in [7, 11) is 3.92. The van der Waals surface area contributed by atoms with Crippen LogP contribution in [-0.2, 0) is 0 Å². The normalized spacial score (nSPS) is 10.9. The number of fused-ring (bicyclic) bond motifs is 1. The van der Waals surface area contributed by atoms with Gasteiger partial charge in [0.05, 0.1) is 16.8 Å². The predicted octanol–water partition coefficient (Wildman–Crippen LogP) is 5.63. The number of anilines is 1. The van der Waals surface area contributed by atoms with Gasteiger partial charge in [0.15, 0.2) is 5.13 Å². The van der Waals surface area contributed by atoms with Crippen LogP contribution in [-0.4, -0.2) is 49.6 Å². The van der Waals surface area contributed by atoms with Gasteiger partial charge in [0.2, 0.25) is 0 Å². The smallest absolute Gasteiger partial charge is 0.260 e. The molecule has 0 aliphatic heterocycles. The quantitative estimate of drug-likeness (QED) is 0.364. The Morgan fingerprint density at radius 2 is 1.84 bits per heavy atom. The molecule has 31 heavy (non-hydrogen) atoms. The second-order valence-electron chi connectivity index (χ2n) is 7.45. The molecule has 3 aromatic rings. The topological polar surface area (TPSA) is 45.7 Å². The first-order valence-electron chi connectivity index (χ1n) is 10.2. The van der Waals surface area contributed by atoms with E-state index >= 15 is 0 Å². The Kier molecular flexibility index (Phi) is 9.68. The van der Waals surface area contributed by atoms with Gasteiger partial charge < -0.3 is 9.64 Å². The van der Waals surface area contributed by atoms with E-state index in [2.05, 4.69) is 11.9 Å². The standard InChI is InChI=1S/C23H28FN3O2S.ClH/c1-4-5-6-15-29-19-10-7-17(8-11-19)22(28)27(14-13-26(2)3)23-25-20-12-9-18(24)16-21(20)30-23;/h7-12,16H,4-6,13-15H2,1-3H3;1H. The molecule has 0 aliphatic rings. The van der Waals surface area contributed by atoms with Crippen LogP contribution in [0.1, 0.15) is 36.5 Å². The van der Waals surface area contributed by atoms with Gasteiger partial charge in [-0.05, 0) is 63.0 Å². The summed E-state index contributed by atoms with van der Waals surface area (Å²) in [6, 6.07) is 11.7. The van der Waals surface area contributed by atoms with Crippen LogP contribution in [0.3, 0.4) is 0 Å². The van der Waals surface area contributed by atoms with Crippen LogP contribution in [0.25, 0.3) is 10.2 Å². The zero-order valence-corrected chi connectivity index (χ0v) is 19.8. The van der Waals surface area contributed by atoms with Crippen LogP contribution in [0.15, 0.2) is 42.5 Å². The Morgan fingerprint density at radius 1 is 1.10 bits per heavy atom. The summed E-state index contributed by atoms with van der Waals surface area (Å²) in [5.41, 5.74) is 1.26. The first kappa shape index (κ1) is 25.0. The van der Waals surface area contributed by atoms with Gasteiger partial charge >= 0.3 is 0 Å². The molecule has 1 heterocycles. The molecule has 0 aliphatic carbocycles. The van der Waals surface area contributed by atoms with Crippen LogP contribution in [0.2, 0.25) is 0 Å². The number of likely N-dealkylation sites (N-methyl/N-ethyl adjacent to an activating group) is 1. The Balaban J connectivity index is 0.00000341. The van der Waals surface area contributed by atoms with Crippen molar-refractivity contribution in [3.8, 4) is 5.75 Å². The fraction of sp³-hybridized carbons (Fsp3) is 0.391. The third-order valence-corrected chi connectivity index (χ3v) is 5.75. The van der Waals surface area contributed by atoms with E-state index in [4.69, 9.17) is 4.74 Å². The molecule has 0 bridgehead atoms. The van der Waals surface area contributed by atoms with Crippen molar-refractivity contribution < 1.29 is 13.9 Å². The molecule has 1 amide bonds. The van der Waals surface area contributed by atoms with E-state index in [9.17, 15) is 9.18 Å². The number of rotatable bonds is 10. The number of benzene rings is 2. The molecule has 0 fully saturated rings. The van der Waals surface area contributed by atoms with Gasteiger partial charge in [0.1, 0.15) is 11.6 Å². The van der Waals surface area contributed by atoms with Gasteiger partial charge in [0.25, 0.3) is 5.91 Å². The van der Waals surface area contributed by atoms with E-state index in [0.29, 0.717) is 35.9 Å². The van der Waals surface area contributed by atoms with Gasteiger partial charge in [-0.3, -0.25) is 9.69 Å². The number of carbonyl (C=O) groups excluding carboxylic acids is 1. The monoisotopic (exact) mass is 465 g/mol. The maximum atomic E-state index is 13.6. The number of amides is 1. The molecular weight excluding hydrogens is 437 g/mol. The number of nitrogens with zero attached hydrogens (tertiary/aromatic N) is 3. The highest BCUT2D eigenvalue weighted by atomic mass is 35.5. The molecule has 0 saturated carbocycles. The third kappa shape index (κ3) is 6.89. The molecule has 0 N–H and O–H groups in total. The lowest BCUT2D eigenvalue weighted by molar-refractivity contribution is 0.0985. The minimum atomic E-state index is -0.307. The van der Waals surface area contributed by atoms with Gasteiger partial charge in [-0.1, -0.05) is 31.1 Å². The van der Waals surface area contributed by atoms with E-state index in [1.807, 2.05) is 31.1 Å². The second kappa shape index (κ2) is 12.0. The van der Waals surface area contributed by atoms with Crippen molar-refractivity contribution in [2.45, 2.75) is 26.2 Å². The number of ether oxygens (including phenoxy) is 1. The molecule has 0 saturated heterocycles. The summed E-state index contributed by atoms with van der Waals surface area (Å²) in [5.74, 6) is 0.324. The molecule has 0 spiro atoms. The first-order valence-corrected chi connectivity index (χ1v) is 11.0. The Morgan fingerprint density at radius 3 is 2.52 bits per heavy atom. The van der Waals surface area contributed by atoms with Crippen LogP contribution in [0.4, 0.5) is 9.52 Å². The zero-order chi connectivity index (χ0) is 21.5. The highest BCUT2D eigenvalue weighted by Gasteiger charge is 2.21. The van der Waals surface area contributed by atoms with E-state index in [0.717, 1.165) is 29.7 Å². The Bertz CT molecular complexity index is 979. The average Bonchev–Trinajstić information content (AvgIpc) is 3.14. The van der Waals surface area contributed by atoms with E-state index < -0.39 is 0 Å². The van der Waals surface area contributed by atoms with E-state index in [1.165, 1.54) is 23.5 Å². The van der Waals surface area contributed by atoms with Crippen molar-refractivity contribution in [3.05, 3.63) is 53.8 Å². The van der Waals surface area contributed by atoms with Crippen molar-refractivity contribution >= 4 is 45.0 Å². The average molecular weight is 466 g/mol. The molecule has 2 aromatic carbocycles. The molecule has 168 valence electrons. The van der Waals surface area contributed by atoms with Gasteiger partial charge in [-0.15, -0.1) is 12.4 Å². The second-order valence-corrected chi connectivity index (χ2v) is 8.46. The zero-order valence-electron chi connectivity index (χ0n) is 18.1. The molecule has 0 radical (unpaired) electrons. The lowest BCUT2D eigenvalue weighted by atomic mass is 10.2. The fourth-order valence-electron chi connectivity index (χ4n) is 2.98. The van der Waals surface area contributed by atoms with Crippen molar-refractivity contribution in [2.75, 3.05) is 38.7 Å². The SMILES string of the molecule is CCCCCOc1ccc(C(=O)N(CCN(C)C)c2nc3ccc(F)cc3s2)cc1.Cl. The highest BCUT2D eigenvalue weighted by Crippen LogP contribution is 2.30. The summed E-state index contributed by atoms with van der Waals surface area (Å²) in [6.45, 7) is 4.01. The van der Waals surface area contributed by atoms with Crippen LogP contribution in [0, 0.1) is 5.82 Å². The Hall–Kier alpha value is -2.22. The molecular formula is C23H29ClFN3O2S. The van der Waals surface area contributed by atoms with Crippen LogP contribution >= 0.6 is 23.7 Å². The number of thiazole rings is 1. The van der Waals surface area contributed by atoms with Crippen LogP contribution < -0.4 is 9.64 Å². The summed E-state index contributed by atoms with van der Waals surface area (Å²) < 4.78 is 20.0. The maximum absolute atomic E-state index is 13.6. The molecule has 1 aromatic heterocycles. The summed E-state index contributed by atoms with van der Waals surface area (Å²) in [4.78, 5) is 21.5. The summed E-state index contributed by atoms with van der Waals surface area (Å²) >= 11 is 1.32. The molecule has 5 nitrogen and oxygen atoms in total. The molecule has 8 heteroatoms. The number of aromatic nitrogens is 1. The number of hydrogen-bond donors (Lipinski definition) is 0. The molecule has 3 rings (SSSR count). The predicted molar refractivity (Wildman–Crippen MR) is 129 cm³/mol. The van der Waals surface area contributed by atoms with E-state index in [-0.39, 0.29) is 24.1 Å². The van der Waals surface area contributed by atoms with Gasteiger partial charge in [0, 0.05) is 18.7 Å². The highest BCUT2D eigenvalue weighted by molar-refractivity contribution is 7.22. The van der Waals surface area contributed by atoms with Crippen molar-refractivity contribution in [2.24, 2.45) is 0 Å². The lowest BCUT2D eigenvalue weighted by Gasteiger charge is -2.22. The van der Waals surface area contributed by atoms with Gasteiger partial charge in [-0.25, -0.2) is 9.37 Å². The third-order valence-electron chi connectivity index (χ3n) is 4.70. The molecule has 0 atom stereocenters. The lowest BCUT2D eigenvalue weighted by Crippen LogP contribution is -2.36. The van der Waals surface area contributed by atoms with Crippen molar-refractivity contribution in [1.29, 1.82) is 0 Å². The van der Waals surface area contributed by atoms with Crippen LogP contribution in [0.5, 0.6) is 5.75 Å². The first-order chi connectivity index (χ1) is 14.5. The number of hydrogen-bond acceptors (Lipinski definition) is 5. The minimum absolute atomic E-state index is 0. The Labute approximate surface area is 193 Å². The van der Waals surface area contributed by atoms with Crippen molar-refractivity contribution in [1.82, 2.24) is 9.88 Å². The number of carbonyl (C=O) groups is 1.